The Bertz CT molecular complexity index is 106. The summed E-state index contributed by atoms with van der Waals surface area (Å²) in [5, 5.41) is 8.62. The standard InChI is InChI=1S/C6H12O2S2/c1-5(3-7)4-10-6(9)8-2/h5,7H,3-4H2,1-2H3. The van der Waals surface area contributed by atoms with E-state index in [0.29, 0.717) is 4.38 Å². The molecule has 0 radical (unpaired) electrons. The topological polar surface area (TPSA) is 29.5 Å². The molecule has 4 heteroatoms. The van der Waals surface area contributed by atoms with E-state index in [-0.39, 0.29) is 12.5 Å². The van der Waals surface area contributed by atoms with Crippen molar-refractivity contribution >= 4 is 28.4 Å². The molecule has 0 heterocycles. The molecule has 1 N–H and O–H groups in total. The zero-order chi connectivity index (χ0) is 7.98. The van der Waals surface area contributed by atoms with Gasteiger partial charge in [0.05, 0.1) is 7.11 Å². The zero-order valence-electron chi connectivity index (χ0n) is 6.16. The van der Waals surface area contributed by atoms with Crippen LogP contribution in [0.1, 0.15) is 6.92 Å². The lowest BCUT2D eigenvalue weighted by Crippen LogP contribution is -2.05. The molecule has 0 bridgehead atoms. The Morgan fingerprint density at radius 1 is 1.80 bits per heavy atom. The first-order valence-electron chi connectivity index (χ1n) is 3.02. The van der Waals surface area contributed by atoms with Gasteiger partial charge in [-0.1, -0.05) is 18.7 Å². The summed E-state index contributed by atoms with van der Waals surface area (Å²) in [6.07, 6.45) is 0. The first-order chi connectivity index (χ1) is 4.70. The molecule has 0 amide bonds. The number of aliphatic hydroxyl groups excluding tert-OH is 1. The summed E-state index contributed by atoms with van der Waals surface area (Å²) in [4.78, 5) is 0. The second kappa shape index (κ2) is 5.95. The van der Waals surface area contributed by atoms with Gasteiger partial charge in [-0.25, -0.2) is 0 Å². The van der Waals surface area contributed by atoms with Crippen LogP contribution >= 0.6 is 24.0 Å². The van der Waals surface area contributed by atoms with E-state index in [1.165, 1.54) is 11.8 Å². The van der Waals surface area contributed by atoms with Crippen molar-refractivity contribution in [1.82, 2.24) is 0 Å². The summed E-state index contributed by atoms with van der Waals surface area (Å²) in [6, 6.07) is 0. The maximum atomic E-state index is 8.62. The molecule has 0 aromatic rings. The SMILES string of the molecule is COC(=S)SCC(C)CO. The predicted molar refractivity (Wildman–Crippen MR) is 48.3 cm³/mol. The van der Waals surface area contributed by atoms with Crippen LogP contribution in [0.3, 0.4) is 0 Å². The van der Waals surface area contributed by atoms with Crippen LogP contribution in [0.4, 0.5) is 0 Å². The molecule has 0 aliphatic heterocycles. The summed E-state index contributed by atoms with van der Waals surface area (Å²) in [6.45, 7) is 2.17. The van der Waals surface area contributed by atoms with Crippen LogP contribution in [0.5, 0.6) is 0 Å². The summed E-state index contributed by atoms with van der Waals surface area (Å²) >= 11 is 6.24. The predicted octanol–water partition coefficient (Wildman–Crippen LogP) is 1.28. The van der Waals surface area contributed by atoms with Gasteiger partial charge in [-0.05, 0) is 18.1 Å². The van der Waals surface area contributed by atoms with Crippen LogP contribution in [-0.4, -0.2) is 29.0 Å². The molecule has 0 aromatic carbocycles. The van der Waals surface area contributed by atoms with Crippen LogP contribution in [0.2, 0.25) is 0 Å². The Morgan fingerprint density at radius 3 is 2.80 bits per heavy atom. The molecular weight excluding hydrogens is 168 g/mol. The molecule has 2 nitrogen and oxygen atoms in total. The molecule has 0 spiro atoms. The van der Waals surface area contributed by atoms with Crippen molar-refractivity contribution in [2.75, 3.05) is 19.5 Å². The van der Waals surface area contributed by atoms with Crippen LogP contribution in [0.15, 0.2) is 0 Å². The molecule has 0 aliphatic carbocycles. The van der Waals surface area contributed by atoms with Gasteiger partial charge in [0.2, 0.25) is 4.38 Å². The number of thiocarbonyl (C=S) groups is 1. The smallest absolute Gasteiger partial charge is 0.219 e. The Morgan fingerprint density at radius 2 is 2.40 bits per heavy atom. The quantitative estimate of drug-likeness (QED) is 0.663. The first kappa shape index (κ1) is 10.2. The number of rotatable bonds is 3. The first-order valence-corrected chi connectivity index (χ1v) is 4.41. The van der Waals surface area contributed by atoms with Gasteiger partial charge in [0.1, 0.15) is 0 Å². The maximum Gasteiger partial charge on any atom is 0.219 e. The van der Waals surface area contributed by atoms with Gasteiger partial charge in [-0.15, -0.1) is 0 Å². The summed E-state index contributed by atoms with van der Waals surface area (Å²) in [5.74, 6) is 1.11. The largest absolute Gasteiger partial charge is 0.482 e. The molecule has 0 rings (SSSR count). The van der Waals surface area contributed by atoms with Gasteiger partial charge in [0, 0.05) is 12.4 Å². The number of hydrogen-bond donors (Lipinski definition) is 1. The van der Waals surface area contributed by atoms with E-state index >= 15 is 0 Å². The number of methoxy groups -OCH3 is 1. The second-order valence-electron chi connectivity index (χ2n) is 2.05. The van der Waals surface area contributed by atoms with Gasteiger partial charge >= 0.3 is 0 Å². The van der Waals surface area contributed by atoms with Crippen molar-refractivity contribution in [3.8, 4) is 0 Å². The Labute approximate surface area is 71.0 Å². The Hall–Kier alpha value is 0.200. The molecular formula is C6H12O2S2. The summed E-state index contributed by atoms with van der Waals surface area (Å²) < 4.78 is 5.30. The van der Waals surface area contributed by atoms with E-state index in [4.69, 9.17) is 22.1 Å². The van der Waals surface area contributed by atoms with Gasteiger partial charge < -0.3 is 9.84 Å². The third-order valence-corrected chi connectivity index (χ3v) is 2.62. The molecule has 1 unspecified atom stereocenters. The minimum absolute atomic E-state index is 0.208. The zero-order valence-corrected chi connectivity index (χ0v) is 7.80. The van der Waals surface area contributed by atoms with Crippen molar-refractivity contribution in [3.05, 3.63) is 0 Å². The van der Waals surface area contributed by atoms with E-state index in [9.17, 15) is 0 Å². The molecule has 60 valence electrons. The van der Waals surface area contributed by atoms with E-state index in [2.05, 4.69) is 0 Å². The van der Waals surface area contributed by atoms with Crippen LogP contribution in [-0.2, 0) is 4.74 Å². The summed E-state index contributed by atoms with van der Waals surface area (Å²) in [7, 11) is 1.55. The van der Waals surface area contributed by atoms with E-state index in [0.717, 1.165) is 5.75 Å². The average Bonchev–Trinajstić information content (AvgIpc) is 1.99. The highest BCUT2D eigenvalue weighted by Gasteiger charge is 2.02. The van der Waals surface area contributed by atoms with Crippen LogP contribution in [0, 0.1) is 5.92 Å². The van der Waals surface area contributed by atoms with Gasteiger partial charge in [0.15, 0.2) is 0 Å². The van der Waals surface area contributed by atoms with E-state index in [1.807, 2.05) is 6.92 Å². The van der Waals surface area contributed by atoms with E-state index < -0.39 is 0 Å². The van der Waals surface area contributed by atoms with Gasteiger partial charge in [-0.3, -0.25) is 0 Å². The average molecular weight is 180 g/mol. The fourth-order valence-electron chi connectivity index (χ4n) is 0.322. The maximum absolute atomic E-state index is 8.62. The molecule has 0 aromatic heterocycles. The van der Waals surface area contributed by atoms with Crippen molar-refractivity contribution < 1.29 is 9.84 Å². The lowest BCUT2D eigenvalue weighted by molar-refractivity contribution is 0.250. The Balaban J connectivity index is 3.26. The van der Waals surface area contributed by atoms with Crippen molar-refractivity contribution in [3.63, 3.8) is 0 Å². The number of ether oxygens (including phenoxy) is 1. The van der Waals surface area contributed by atoms with Crippen molar-refractivity contribution in [2.45, 2.75) is 6.92 Å². The molecule has 0 saturated carbocycles. The highest BCUT2D eigenvalue weighted by Crippen LogP contribution is 2.10. The Kier molecular flexibility index (Phi) is 6.06. The molecule has 10 heavy (non-hydrogen) atoms. The lowest BCUT2D eigenvalue weighted by atomic mass is 10.2. The summed E-state index contributed by atoms with van der Waals surface area (Å²) in [5.41, 5.74) is 0. The fourth-order valence-corrected chi connectivity index (χ4v) is 1.17. The third kappa shape index (κ3) is 5.02. The monoisotopic (exact) mass is 180 g/mol. The lowest BCUT2D eigenvalue weighted by Gasteiger charge is -2.05. The fraction of sp³-hybridized carbons (Fsp3) is 0.833. The van der Waals surface area contributed by atoms with Gasteiger partial charge in [-0.2, -0.15) is 0 Å². The van der Waals surface area contributed by atoms with Crippen LogP contribution in [0.25, 0.3) is 0 Å². The minimum atomic E-state index is 0.208. The number of aliphatic hydroxyl groups is 1. The third-order valence-electron chi connectivity index (χ3n) is 0.964. The second-order valence-corrected chi connectivity index (χ2v) is 3.67. The molecule has 0 aliphatic rings. The molecule has 0 fully saturated rings. The highest BCUT2D eigenvalue weighted by molar-refractivity contribution is 8.22. The molecule has 1 atom stereocenters. The van der Waals surface area contributed by atoms with E-state index in [1.54, 1.807) is 7.11 Å². The number of thioether (sulfide) groups is 1. The van der Waals surface area contributed by atoms with Crippen LogP contribution < -0.4 is 0 Å². The van der Waals surface area contributed by atoms with Crippen molar-refractivity contribution in [1.29, 1.82) is 0 Å². The molecule has 0 saturated heterocycles. The highest BCUT2D eigenvalue weighted by atomic mass is 32.2. The normalized spacial score (nSPS) is 12.7. The minimum Gasteiger partial charge on any atom is -0.482 e. The van der Waals surface area contributed by atoms with Gasteiger partial charge in [0.25, 0.3) is 0 Å². The van der Waals surface area contributed by atoms with Crippen molar-refractivity contribution in [2.24, 2.45) is 5.92 Å². The number of hydrogen-bond acceptors (Lipinski definition) is 4.